The van der Waals surface area contributed by atoms with Crippen molar-refractivity contribution in [2.75, 3.05) is 19.5 Å². The molecule has 0 spiro atoms. The van der Waals surface area contributed by atoms with Gasteiger partial charge in [-0.2, -0.15) is 18.3 Å². The van der Waals surface area contributed by atoms with E-state index in [1.807, 2.05) is 0 Å². The Bertz CT molecular complexity index is 1780. The number of amides is 2. The first kappa shape index (κ1) is 29.9. The van der Waals surface area contributed by atoms with Crippen LogP contribution in [0.25, 0.3) is 28.2 Å². The predicted molar refractivity (Wildman–Crippen MR) is 137 cm³/mol. The zero-order chi connectivity index (χ0) is 30.4. The Morgan fingerprint density at radius 3 is 2.39 bits per heavy atom. The Labute approximate surface area is 231 Å². The molecule has 0 saturated carbocycles. The Morgan fingerprint density at radius 2 is 1.80 bits per heavy atom. The molecule has 13 nitrogen and oxygen atoms in total. The van der Waals surface area contributed by atoms with Crippen LogP contribution in [0.15, 0.2) is 23.5 Å². The molecule has 4 aromatic heterocycles. The quantitative estimate of drug-likeness (QED) is 0.289. The topological polar surface area (TPSA) is 151 Å². The van der Waals surface area contributed by atoms with E-state index in [0.29, 0.717) is 11.3 Å². The van der Waals surface area contributed by atoms with Gasteiger partial charge < -0.3 is 9.30 Å². The van der Waals surface area contributed by atoms with E-state index in [1.165, 1.54) is 31.7 Å². The van der Waals surface area contributed by atoms with Gasteiger partial charge in [-0.1, -0.05) is 20.8 Å². The van der Waals surface area contributed by atoms with Crippen molar-refractivity contribution < 1.29 is 40.8 Å². The lowest BCUT2D eigenvalue weighted by Crippen LogP contribution is -2.38. The Kier molecular flexibility index (Phi) is 7.79. The van der Waals surface area contributed by atoms with Gasteiger partial charge in [0, 0.05) is 19.4 Å². The first-order valence-electron chi connectivity index (χ1n) is 12.2. The first-order valence-corrected chi connectivity index (χ1v) is 13.8. The van der Waals surface area contributed by atoms with Crippen molar-refractivity contribution in [3.8, 4) is 11.4 Å². The molecule has 0 unspecified atom stereocenters. The smallest absolute Gasteiger partial charge is 0.441 e. The number of aromatic nitrogens is 6. The fourth-order valence-corrected chi connectivity index (χ4v) is 4.92. The molecule has 17 heteroatoms. The van der Waals surface area contributed by atoms with Crippen LogP contribution >= 0.6 is 0 Å². The van der Waals surface area contributed by atoms with E-state index < -0.39 is 44.4 Å². The number of rotatable bonds is 7. The lowest BCUT2D eigenvalue weighted by molar-refractivity contribution is -0.137. The summed E-state index contributed by atoms with van der Waals surface area (Å²) in [6, 6.07) is 0.789. The van der Waals surface area contributed by atoms with Crippen LogP contribution < -0.4 is 0 Å². The summed E-state index contributed by atoms with van der Waals surface area (Å²) in [5, 5.41) is 4.03. The zero-order valence-electron chi connectivity index (χ0n) is 22.8. The van der Waals surface area contributed by atoms with Crippen LogP contribution in [-0.2, 0) is 32.6 Å². The summed E-state index contributed by atoms with van der Waals surface area (Å²) in [5.74, 6) is -1.57. The number of pyridine rings is 1. The number of alkyl halides is 3. The molecule has 0 aliphatic carbocycles. The van der Waals surface area contributed by atoms with Gasteiger partial charge in [0.15, 0.2) is 26.2 Å². The van der Waals surface area contributed by atoms with Crippen molar-refractivity contribution in [2.24, 2.45) is 13.0 Å². The Hall–Kier alpha value is -4.12. The third kappa shape index (κ3) is 5.33. The van der Waals surface area contributed by atoms with Crippen LogP contribution in [0.1, 0.15) is 42.4 Å². The van der Waals surface area contributed by atoms with E-state index in [2.05, 4.69) is 20.1 Å². The van der Waals surface area contributed by atoms with Gasteiger partial charge in [0.05, 0.1) is 25.0 Å². The van der Waals surface area contributed by atoms with E-state index in [1.54, 1.807) is 13.8 Å². The molecular formula is C24H26F3N7O6S. The average molecular weight is 598 g/mol. The number of halogens is 3. The average Bonchev–Trinajstić information content (AvgIpc) is 3.44. The molecule has 0 bridgehead atoms. The molecule has 0 aromatic carbocycles. The van der Waals surface area contributed by atoms with Gasteiger partial charge in [-0.15, -0.1) is 5.06 Å². The highest BCUT2D eigenvalue weighted by atomic mass is 32.2. The maximum Gasteiger partial charge on any atom is 0.441 e. The molecule has 220 valence electrons. The SMILES string of the molecule is CCS(=O)(=O)c1nn2c(C(=O)N(OC)C(=O)OCC(C)C)c(C)cnc2c1-c1nc2cc(C(F)(F)F)cnc2n1C. The number of hydrogen-bond donors (Lipinski definition) is 0. The van der Waals surface area contributed by atoms with Gasteiger partial charge in [0.2, 0.25) is 0 Å². The second-order valence-electron chi connectivity index (χ2n) is 9.42. The minimum atomic E-state index is -4.68. The third-order valence-corrected chi connectivity index (χ3v) is 7.64. The lowest BCUT2D eigenvalue weighted by atomic mass is 10.2. The van der Waals surface area contributed by atoms with Crippen molar-refractivity contribution in [1.82, 2.24) is 34.2 Å². The van der Waals surface area contributed by atoms with Crippen LogP contribution in [0.2, 0.25) is 0 Å². The molecule has 4 rings (SSSR count). The van der Waals surface area contributed by atoms with Crippen LogP contribution in [0, 0.1) is 12.8 Å². The Morgan fingerprint density at radius 1 is 1.15 bits per heavy atom. The van der Waals surface area contributed by atoms with E-state index in [0.717, 1.165) is 17.7 Å². The molecule has 4 aromatic rings. The number of imide groups is 1. The van der Waals surface area contributed by atoms with Crippen LogP contribution in [0.5, 0.6) is 0 Å². The fraction of sp³-hybridized carbons (Fsp3) is 0.417. The maximum atomic E-state index is 13.5. The molecule has 41 heavy (non-hydrogen) atoms. The van der Waals surface area contributed by atoms with Gasteiger partial charge in [0.25, 0.3) is 0 Å². The van der Waals surface area contributed by atoms with E-state index >= 15 is 0 Å². The summed E-state index contributed by atoms with van der Waals surface area (Å²) in [6.07, 6.45) is -3.89. The number of hydroxylamine groups is 2. The number of sulfone groups is 1. The van der Waals surface area contributed by atoms with Crippen molar-refractivity contribution in [3.05, 3.63) is 35.3 Å². The maximum absolute atomic E-state index is 13.5. The number of ether oxygens (including phenoxy) is 1. The number of nitrogens with zero attached hydrogens (tertiary/aromatic N) is 7. The monoisotopic (exact) mass is 597 g/mol. The third-order valence-electron chi connectivity index (χ3n) is 6.00. The summed E-state index contributed by atoms with van der Waals surface area (Å²) in [4.78, 5) is 43.5. The van der Waals surface area contributed by atoms with Crippen molar-refractivity contribution in [3.63, 3.8) is 0 Å². The molecule has 4 heterocycles. The van der Waals surface area contributed by atoms with Crippen molar-refractivity contribution in [1.29, 1.82) is 0 Å². The largest absolute Gasteiger partial charge is 0.447 e. The highest BCUT2D eigenvalue weighted by molar-refractivity contribution is 7.91. The van der Waals surface area contributed by atoms with E-state index in [4.69, 9.17) is 9.57 Å². The fourth-order valence-electron chi connectivity index (χ4n) is 3.95. The van der Waals surface area contributed by atoms with Gasteiger partial charge in [0.1, 0.15) is 22.6 Å². The van der Waals surface area contributed by atoms with Crippen LogP contribution in [0.4, 0.5) is 18.0 Å². The summed E-state index contributed by atoms with van der Waals surface area (Å²) >= 11 is 0. The predicted octanol–water partition coefficient (Wildman–Crippen LogP) is 3.60. The molecule has 0 aliphatic heterocycles. The summed E-state index contributed by atoms with van der Waals surface area (Å²) < 4.78 is 73.7. The van der Waals surface area contributed by atoms with Gasteiger partial charge in [-0.25, -0.2) is 32.7 Å². The highest BCUT2D eigenvalue weighted by Gasteiger charge is 2.35. The first-order chi connectivity index (χ1) is 19.1. The van der Waals surface area contributed by atoms with E-state index in [9.17, 15) is 31.2 Å². The van der Waals surface area contributed by atoms with E-state index in [-0.39, 0.29) is 52.0 Å². The summed E-state index contributed by atoms with van der Waals surface area (Å²) in [5.41, 5.74) is -1.55. The summed E-state index contributed by atoms with van der Waals surface area (Å²) in [6.45, 7) is 6.45. The molecule has 2 amide bonds. The second-order valence-corrected chi connectivity index (χ2v) is 11.6. The minimum Gasteiger partial charge on any atom is -0.447 e. The molecule has 0 atom stereocenters. The number of aryl methyl sites for hydroxylation is 2. The highest BCUT2D eigenvalue weighted by Crippen LogP contribution is 2.35. The molecule has 0 N–H and O–H groups in total. The van der Waals surface area contributed by atoms with Crippen LogP contribution in [0.3, 0.4) is 0 Å². The zero-order valence-corrected chi connectivity index (χ0v) is 23.7. The standard InChI is InChI=1S/C24H26F3N7O6S/c1-7-41(37,38)21-16(20-30-15-8-14(24(25,26)27)10-29-18(15)32(20)5)19-28-9-13(4)17(33(19)31-21)22(35)34(39-6)23(36)40-11-12(2)3/h8-10,12H,7,11H2,1-6H3. The normalized spacial score (nSPS) is 12.4. The van der Waals surface area contributed by atoms with Gasteiger partial charge >= 0.3 is 18.2 Å². The molecule has 0 aliphatic rings. The lowest BCUT2D eigenvalue weighted by Gasteiger charge is -2.19. The van der Waals surface area contributed by atoms with Crippen LogP contribution in [-0.4, -0.2) is 74.1 Å². The molecule has 0 radical (unpaired) electrons. The number of carbonyl (C=O) groups is 2. The Balaban J connectivity index is 1.99. The molecule has 0 saturated heterocycles. The van der Waals surface area contributed by atoms with Crippen molar-refractivity contribution in [2.45, 2.75) is 38.9 Å². The number of imidazole rings is 1. The second kappa shape index (κ2) is 10.7. The van der Waals surface area contributed by atoms with Gasteiger partial charge in [-0.05, 0) is 24.5 Å². The minimum absolute atomic E-state index is 0.00166. The number of fused-ring (bicyclic) bond motifs is 2. The van der Waals surface area contributed by atoms with Crippen molar-refractivity contribution >= 4 is 38.6 Å². The van der Waals surface area contributed by atoms with Gasteiger partial charge in [-0.3, -0.25) is 9.63 Å². The molecular weight excluding hydrogens is 571 g/mol. The summed E-state index contributed by atoms with van der Waals surface area (Å²) in [7, 11) is -1.60. The number of carbonyl (C=O) groups excluding carboxylic acids is 2. The number of hydrogen-bond acceptors (Lipinski definition) is 10. The molecule has 0 fully saturated rings.